The van der Waals surface area contributed by atoms with E-state index in [1.54, 1.807) is 26.4 Å². The second kappa shape index (κ2) is 15.5. The average Bonchev–Trinajstić information content (AvgIpc) is 3.00. The van der Waals surface area contributed by atoms with Crippen molar-refractivity contribution in [3.8, 4) is 11.5 Å². The Morgan fingerprint density at radius 2 is 1.55 bits per heavy atom. The van der Waals surface area contributed by atoms with Crippen LogP contribution in [0.25, 0.3) is 0 Å². The molecule has 40 heavy (non-hydrogen) atoms. The van der Waals surface area contributed by atoms with Crippen molar-refractivity contribution in [1.29, 1.82) is 0 Å². The van der Waals surface area contributed by atoms with E-state index in [1.807, 2.05) is 65.0 Å². The van der Waals surface area contributed by atoms with E-state index in [4.69, 9.17) is 21.1 Å². The number of nitrogens with zero attached hydrogens (tertiary/aromatic N) is 3. The number of pyridine rings is 1. The average molecular weight is 580 g/mol. The monoisotopic (exact) mass is 579 g/mol. The number of anilines is 1. The molecule has 0 unspecified atom stereocenters. The smallest absolute Gasteiger partial charge is 0.214 e. The summed E-state index contributed by atoms with van der Waals surface area (Å²) in [4.78, 5) is 7.51. The van der Waals surface area contributed by atoms with Gasteiger partial charge in [-0.1, -0.05) is 66.6 Å². The van der Waals surface area contributed by atoms with E-state index in [9.17, 15) is 4.39 Å². The minimum atomic E-state index is -0.528. The zero-order valence-corrected chi connectivity index (χ0v) is 24.5. The lowest BCUT2D eigenvalue weighted by Gasteiger charge is -2.27. The Morgan fingerprint density at radius 3 is 2.17 bits per heavy atom. The number of methoxy groups -OCH3 is 2. The molecule has 0 amide bonds. The molecule has 0 atom stereocenters. The van der Waals surface area contributed by atoms with Gasteiger partial charge in [0.25, 0.3) is 0 Å². The van der Waals surface area contributed by atoms with E-state index in [0.29, 0.717) is 23.9 Å². The molecule has 1 aliphatic rings. The number of likely N-dealkylation sites (tertiary alicyclic amines) is 1. The van der Waals surface area contributed by atoms with Gasteiger partial charge in [-0.25, -0.2) is 4.98 Å². The molecule has 0 bridgehead atoms. The van der Waals surface area contributed by atoms with Crippen LogP contribution in [0.5, 0.6) is 11.5 Å². The summed E-state index contributed by atoms with van der Waals surface area (Å²) < 4.78 is 26.8. The van der Waals surface area contributed by atoms with Crippen LogP contribution in [0.15, 0.2) is 95.9 Å². The van der Waals surface area contributed by atoms with Crippen LogP contribution in [0.3, 0.4) is 0 Å². The van der Waals surface area contributed by atoms with Gasteiger partial charge in [-0.05, 0) is 79.8 Å². The van der Waals surface area contributed by atoms with Gasteiger partial charge in [0.05, 0.1) is 20.8 Å². The van der Waals surface area contributed by atoms with E-state index >= 15 is 0 Å². The van der Waals surface area contributed by atoms with Crippen LogP contribution in [-0.2, 0) is 13.1 Å². The van der Waals surface area contributed by atoms with Gasteiger partial charge in [-0.15, -0.1) is 0 Å². The van der Waals surface area contributed by atoms with Crippen molar-refractivity contribution in [3.63, 3.8) is 0 Å². The summed E-state index contributed by atoms with van der Waals surface area (Å²) in [6.45, 7) is 3.55. The van der Waals surface area contributed by atoms with Crippen LogP contribution in [-0.4, -0.2) is 37.2 Å². The van der Waals surface area contributed by atoms with Crippen LogP contribution in [0, 0.1) is 5.95 Å². The van der Waals surface area contributed by atoms with Crippen LogP contribution in [0.1, 0.15) is 30.4 Å². The third kappa shape index (κ3) is 8.88. The van der Waals surface area contributed by atoms with E-state index in [-0.39, 0.29) is 0 Å². The minimum Gasteiger partial charge on any atom is -0.497 e. The lowest BCUT2D eigenvalue weighted by atomic mass is 10.1. The first kappa shape index (κ1) is 29.7. The molecule has 1 aromatic heterocycles. The quantitative estimate of drug-likeness (QED) is 0.147. The number of piperidine rings is 1. The summed E-state index contributed by atoms with van der Waals surface area (Å²) in [5, 5.41) is 0.741. The van der Waals surface area contributed by atoms with Gasteiger partial charge in [0.15, 0.2) is 0 Å². The first-order chi connectivity index (χ1) is 19.6. The summed E-state index contributed by atoms with van der Waals surface area (Å²) in [6.07, 6.45) is 3.80. The highest BCUT2D eigenvalue weighted by Crippen LogP contribution is 2.35. The van der Waals surface area contributed by atoms with Crippen molar-refractivity contribution in [1.82, 2.24) is 9.88 Å². The summed E-state index contributed by atoms with van der Waals surface area (Å²) in [5.41, 5.74) is 2.05. The predicted octanol–water partition coefficient (Wildman–Crippen LogP) is 8.28. The fraction of sp³-hybridized carbons (Fsp3) is 0.281. The summed E-state index contributed by atoms with van der Waals surface area (Å²) in [6, 6.07) is 28.6. The largest absolute Gasteiger partial charge is 0.497 e. The number of aromatic nitrogens is 1. The molecule has 1 fully saturated rings. The molecule has 2 heterocycles. The fourth-order valence-corrected chi connectivity index (χ4v) is 5.68. The zero-order chi connectivity index (χ0) is 28.2. The topological polar surface area (TPSA) is 37.8 Å². The van der Waals surface area contributed by atoms with Crippen molar-refractivity contribution >= 4 is 29.4 Å². The molecule has 0 saturated carbocycles. The number of ether oxygens (including phenoxy) is 2. The molecule has 1 saturated heterocycles. The van der Waals surface area contributed by atoms with Gasteiger partial charge in [0.1, 0.15) is 17.3 Å². The molecule has 0 N–H and O–H groups in total. The number of benzene rings is 3. The Hall–Kier alpha value is -3.26. The Balaban J connectivity index is 0.000000546. The summed E-state index contributed by atoms with van der Waals surface area (Å²) >= 11 is 8.14. The molecule has 1 aliphatic heterocycles. The number of halogens is 2. The van der Waals surface area contributed by atoms with E-state index in [2.05, 4.69) is 22.0 Å². The first-order valence-corrected chi connectivity index (χ1v) is 14.5. The standard InChI is InChI=1S/C26H29ClFN3O2S.C6H6/c1-32-21-11-9-20(24(15-21)33-2)18-31(26-8-6-7-25(28)29-26)34-22-12-10-19(23(27)16-22)17-30-13-4-3-5-14-30;1-2-4-6-5-3-1/h6-12,15-16H,3-5,13-14,17-18H2,1-2H3;1-6H. The zero-order valence-electron chi connectivity index (χ0n) is 22.9. The molecular formula is C32H35ClFN3O2S. The fourth-order valence-electron chi connectivity index (χ4n) is 4.42. The molecule has 0 spiro atoms. The summed E-state index contributed by atoms with van der Waals surface area (Å²) in [5.74, 6) is 1.38. The molecule has 4 aromatic rings. The Labute approximate surface area is 246 Å². The Bertz CT molecular complexity index is 1310. The van der Waals surface area contributed by atoms with E-state index in [1.165, 1.54) is 37.3 Å². The van der Waals surface area contributed by atoms with Gasteiger partial charge >= 0.3 is 0 Å². The number of hydrogen-bond donors (Lipinski definition) is 0. The maximum absolute atomic E-state index is 14.0. The molecular weight excluding hydrogens is 545 g/mol. The van der Waals surface area contributed by atoms with Gasteiger partial charge in [0.2, 0.25) is 5.95 Å². The minimum absolute atomic E-state index is 0.446. The molecule has 210 valence electrons. The van der Waals surface area contributed by atoms with Crippen molar-refractivity contribution in [2.24, 2.45) is 0 Å². The highest BCUT2D eigenvalue weighted by molar-refractivity contribution is 8.00. The lowest BCUT2D eigenvalue weighted by molar-refractivity contribution is 0.221. The normalized spacial score (nSPS) is 13.2. The lowest BCUT2D eigenvalue weighted by Crippen LogP contribution is -2.29. The Morgan fingerprint density at radius 1 is 0.850 bits per heavy atom. The Kier molecular flexibility index (Phi) is 11.5. The van der Waals surface area contributed by atoms with Crippen LogP contribution < -0.4 is 13.8 Å². The second-order valence-electron chi connectivity index (χ2n) is 9.37. The molecule has 0 aliphatic carbocycles. The summed E-state index contributed by atoms with van der Waals surface area (Å²) in [7, 11) is 3.24. The molecule has 0 radical (unpaired) electrons. The maximum Gasteiger partial charge on any atom is 0.214 e. The van der Waals surface area contributed by atoms with Gasteiger partial charge in [-0.2, -0.15) is 4.39 Å². The molecule has 3 aromatic carbocycles. The van der Waals surface area contributed by atoms with Crippen molar-refractivity contribution in [3.05, 3.63) is 113 Å². The van der Waals surface area contributed by atoms with Crippen molar-refractivity contribution in [2.75, 3.05) is 31.6 Å². The van der Waals surface area contributed by atoms with E-state index in [0.717, 1.165) is 40.7 Å². The van der Waals surface area contributed by atoms with Crippen LogP contribution in [0.2, 0.25) is 5.02 Å². The third-order valence-corrected chi connectivity index (χ3v) is 7.87. The molecule has 8 heteroatoms. The van der Waals surface area contributed by atoms with E-state index < -0.39 is 5.95 Å². The van der Waals surface area contributed by atoms with Crippen LogP contribution >= 0.6 is 23.5 Å². The van der Waals surface area contributed by atoms with Crippen LogP contribution in [0.4, 0.5) is 10.2 Å². The highest BCUT2D eigenvalue weighted by Gasteiger charge is 2.17. The van der Waals surface area contributed by atoms with Crippen molar-refractivity contribution in [2.45, 2.75) is 37.2 Å². The molecule has 5 rings (SSSR count). The van der Waals surface area contributed by atoms with Gasteiger partial charge in [0, 0.05) is 28.1 Å². The number of rotatable bonds is 9. The molecule has 5 nitrogen and oxygen atoms in total. The first-order valence-electron chi connectivity index (χ1n) is 13.4. The second-order valence-corrected chi connectivity index (χ2v) is 10.9. The van der Waals surface area contributed by atoms with Gasteiger partial charge < -0.3 is 9.47 Å². The third-order valence-electron chi connectivity index (χ3n) is 6.51. The SMILES string of the molecule is COc1ccc(CN(Sc2ccc(CN3CCCCC3)c(Cl)c2)c2cccc(F)n2)c(OC)c1.c1ccccc1. The predicted molar refractivity (Wildman–Crippen MR) is 163 cm³/mol. The van der Waals surface area contributed by atoms with Gasteiger partial charge in [-0.3, -0.25) is 9.21 Å². The van der Waals surface area contributed by atoms with Crippen molar-refractivity contribution < 1.29 is 13.9 Å². The number of hydrogen-bond acceptors (Lipinski definition) is 6. The maximum atomic E-state index is 14.0. The highest BCUT2D eigenvalue weighted by atomic mass is 35.5.